The smallest absolute Gasteiger partial charge is 0.472 e. The molecule has 0 radical (unpaired) electrons. The van der Waals surface area contributed by atoms with Crippen molar-refractivity contribution in [3.05, 3.63) is 60.2 Å². The first-order valence-electron chi connectivity index (χ1n) is 6.11. The zero-order valence-electron chi connectivity index (χ0n) is 11.0. The highest BCUT2D eigenvalue weighted by Gasteiger charge is 2.44. The molecule has 1 N–H and O–H groups in total. The van der Waals surface area contributed by atoms with Gasteiger partial charge >= 0.3 is 18.1 Å². The Hall–Kier alpha value is -2.83. The molecular formula is C15H10F3NO3. The fourth-order valence-corrected chi connectivity index (χ4v) is 1.92. The summed E-state index contributed by atoms with van der Waals surface area (Å²) < 4.78 is 38.6. The van der Waals surface area contributed by atoms with Crippen molar-refractivity contribution < 1.29 is 27.9 Å². The van der Waals surface area contributed by atoms with Crippen LogP contribution in [0, 0.1) is 0 Å². The van der Waals surface area contributed by atoms with Gasteiger partial charge in [0.1, 0.15) is 0 Å². The average Bonchev–Trinajstić information content (AvgIpc) is 2.48. The largest absolute Gasteiger partial charge is 0.478 e. The molecule has 0 aromatic heterocycles. The van der Waals surface area contributed by atoms with Crippen molar-refractivity contribution >= 4 is 23.3 Å². The lowest BCUT2D eigenvalue weighted by atomic mass is 10.1. The van der Waals surface area contributed by atoms with E-state index < -0.39 is 23.6 Å². The normalized spacial score (nSPS) is 11.0. The summed E-state index contributed by atoms with van der Waals surface area (Å²) >= 11 is 0. The highest BCUT2D eigenvalue weighted by atomic mass is 19.4. The number of aromatic carboxylic acids is 1. The molecule has 0 heterocycles. The molecule has 2 aromatic rings. The van der Waals surface area contributed by atoms with Gasteiger partial charge in [0.15, 0.2) is 0 Å². The number of halogens is 3. The summed E-state index contributed by atoms with van der Waals surface area (Å²) in [5, 5.41) is 9.13. The molecule has 0 aliphatic carbocycles. The predicted octanol–water partition coefficient (Wildman–Crippen LogP) is 3.61. The first kappa shape index (κ1) is 15.6. The van der Waals surface area contributed by atoms with Crippen LogP contribution in [-0.2, 0) is 4.79 Å². The van der Waals surface area contributed by atoms with Crippen LogP contribution in [0.5, 0.6) is 0 Å². The van der Waals surface area contributed by atoms with Crippen LogP contribution in [0.3, 0.4) is 0 Å². The third-order valence-electron chi connectivity index (χ3n) is 2.84. The highest BCUT2D eigenvalue weighted by molar-refractivity contribution is 6.08. The molecule has 0 unspecified atom stereocenters. The third kappa shape index (κ3) is 3.08. The van der Waals surface area contributed by atoms with Gasteiger partial charge in [0.05, 0.1) is 11.3 Å². The quantitative estimate of drug-likeness (QED) is 0.942. The summed E-state index contributed by atoms with van der Waals surface area (Å²) in [6.45, 7) is 0. The lowest BCUT2D eigenvalue weighted by molar-refractivity contribution is -0.169. The van der Waals surface area contributed by atoms with E-state index in [9.17, 15) is 22.8 Å². The number of amides is 1. The van der Waals surface area contributed by atoms with Crippen LogP contribution in [0.25, 0.3) is 0 Å². The lowest BCUT2D eigenvalue weighted by Crippen LogP contribution is -2.38. The Morgan fingerprint density at radius 1 is 0.909 bits per heavy atom. The van der Waals surface area contributed by atoms with E-state index in [1.807, 2.05) is 0 Å². The first-order chi connectivity index (χ1) is 10.3. The number of rotatable bonds is 3. The van der Waals surface area contributed by atoms with Crippen molar-refractivity contribution in [2.75, 3.05) is 4.90 Å². The molecule has 0 fully saturated rings. The van der Waals surface area contributed by atoms with Crippen LogP contribution in [0.1, 0.15) is 10.4 Å². The van der Waals surface area contributed by atoms with Crippen molar-refractivity contribution in [1.29, 1.82) is 0 Å². The van der Waals surface area contributed by atoms with Crippen LogP contribution >= 0.6 is 0 Å². The minimum absolute atomic E-state index is 0.0708. The van der Waals surface area contributed by atoms with Crippen molar-refractivity contribution in [2.45, 2.75) is 6.18 Å². The van der Waals surface area contributed by atoms with E-state index in [2.05, 4.69) is 0 Å². The molecule has 2 aromatic carbocycles. The Kier molecular flexibility index (Phi) is 4.16. The molecule has 4 nitrogen and oxygen atoms in total. The van der Waals surface area contributed by atoms with Gasteiger partial charge in [-0.05, 0) is 24.3 Å². The van der Waals surface area contributed by atoms with Gasteiger partial charge < -0.3 is 5.11 Å². The zero-order chi connectivity index (χ0) is 16.3. The molecular weight excluding hydrogens is 299 g/mol. The number of hydrogen-bond acceptors (Lipinski definition) is 2. The van der Waals surface area contributed by atoms with Gasteiger partial charge in [0, 0.05) is 5.69 Å². The van der Waals surface area contributed by atoms with Gasteiger partial charge in [-0.3, -0.25) is 9.69 Å². The van der Waals surface area contributed by atoms with Crippen molar-refractivity contribution in [3.63, 3.8) is 0 Å². The Labute approximate surface area is 123 Å². The minimum Gasteiger partial charge on any atom is -0.478 e. The number of nitrogens with zero attached hydrogens (tertiary/aromatic N) is 1. The average molecular weight is 309 g/mol. The second-order valence-electron chi connectivity index (χ2n) is 4.30. The monoisotopic (exact) mass is 309 g/mol. The third-order valence-corrected chi connectivity index (χ3v) is 2.84. The van der Waals surface area contributed by atoms with Gasteiger partial charge in [0.25, 0.3) is 0 Å². The molecule has 0 atom stereocenters. The molecule has 0 aliphatic rings. The van der Waals surface area contributed by atoms with Gasteiger partial charge in [-0.2, -0.15) is 13.2 Å². The summed E-state index contributed by atoms with van der Waals surface area (Å²) in [6.07, 6.45) is -5.14. The second-order valence-corrected chi connectivity index (χ2v) is 4.30. The van der Waals surface area contributed by atoms with E-state index >= 15 is 0 Å². The van der Waals surface area contributed by atoms with Gasteiger partial charge in [-0.25, -0.2) is 4.79 Å². The maximum Gasteiger partial charge on any atom is 0.472 e. The Bertz CT molecular complexity index is 699. The van der Waals surface area contributed by atoms with E-state index in [0.717, 1.165) is 12.1 Å². The Balaban J connectivity index is 2.65. The van der Waals surface area contributed by atoms with Crippen LogP contribution in [0.4, 0.5) is 24.5 Å². The van der Waals surface area contributed by atoms with Crippen LogP contribution in [-0.4, -0.2) is 23.2 Å². The van der Waals surface area contributed by atoms with Crippen LogP contribution in [0.15, 0.2) is 54.6 Å². The maximum absolute atomic E-state index is 12.9. The van der Waals surface area contributed by atoms with E-state index in [4.69, 9.17) is 5.11 Å². The highest BCUT2D eigenvalue weighted by Crippen LogP contribution is 2.33. The number of carbonyl (C=O) groups excluding carboxylic acids is 1. The van der Waals surface area contributed by atoms with E-state index in [1.165, 1.54) is 36.4 Å². The summed E-state index contributed by atoms with van der Waals surface area (Å²) in [5.74, 6) is -3.58. The standard InChI is InChI=1S/C15H10F3NO3/c16-15(17,18)14(22)19(10-6-2-1-3-7-10)12-9-5-4-8-11(12)13(20)21/h1-9H,(H,20,21). The van der Waals surface area contributed by atoms with Crippen molar-refractivity contribution in [2.24, 2.45) is 0 Å². The fraction of sp³-hybridized carbons (Fsp3) is 0.0667. The number of alkyl halides is 3. The molecule has 0 aliphatic heterocycles. The number of benzene rings is 2. The van der Waals surface area contributed by atoms with Crippen LogP contribution < -0.4 is 4.90 Å². The summed E-state index contributed by atoms with van der Waals surface area (Å²) in [4.78, 5) is 23.3. The number of carbonyl (C=O) groups is 2. The molecule has 0 bridgehead atoms. The summed E-state index contributed by atoms with van der Waals surface area (Å²) in [7, 11) is 0. The Morgan fingerprint density at radius 3 is 2.00 bits per heavy atom. The number of para-hydroxylation sites is 2. The fourth-order valence-electron chi connectivity index (χ4n) is 1.92. The maximum atomic E-state index is 12.9. The topological polar surface area (TPSA) is 57.6 Å². The number of anilines is 2. The van der Waals surface area contributed by atoms with Crippen molar-refractivity contribution in [3.8, 4) is 0 Å². The van der Waals surface area contributed by atoms with E-state index in [0.29, 0.717) is 4.90 Å². The van der Waals surface area contributed by atoms with Crippen LogP contribution in [0.2, 0.25) is 0 Å². The second kappa shape index (κ2) is 5.88. The summed E-state index contributed by atoms with van der Waals surface area (Å²) in [5.41, 5.74) is -0.814. The zero-order valence-corrected chi connectivity index (χ0v) is 11.0. The first-order valence-corrected chi connectivity index (χ1v) is 6.11. The number of carboxylic acid groups (broad SMARTS) is 1. The van der Waals surface area contributed by atoms with Gasteiger partial charge in [-0.15, -0.1) is 0 Å². The van der Waals surface area contributed by atoms with E-state index in [1.54, 1.807) is 6.07 Å². The molecule has 1 amide bonds. The minimum atomic E-state index is -5.14. The van der Waals surface area contributed by atoms with Crippen molar-refractivity contribution in [1.82, 2.24) is 0 Å². The number of carboxylic acids is 1. The molecule has 114 valence electrons. The van der Waals surface area contributed by atoms with E-state index in [-0.39, 0.29) is 11.4 Å². The molecule has 7 heteroatoms. The molecule has 0 saturated carbocycles. The molecule has 0 saturated heterocycles. The predicted molar refractivity (Wildman–Crippen MR) is 73.0 cm³/mol. The summed E-state index contributed by atoms with van der Waals surface area (Å²) in [6, 6.07) is 12.1. The van der Waals surface area contributed by atoms with Gasteiger partial charge in [-0.1, -0.05) is 30.3 Å². The lowest BCUT2D eigenvalue weighted by Gasteiger charge is -2.25. The Morgan fingerprint density at radius 2 is 1.45 bits per heavy atom. The molecule has 0 spiro atoms. The van der Waals surface area contributed by atoms with Gasteiger partial charge in [0.2, 0.25) is 0 Å². The number of hydrogen-bond donors (Lipinski definition) is 1. The SMILES string of the molecule is O=C(O)c1ccccc1N(C(=O)C(F)(F)F)c1ccccc1. The molecule has 2 rings (SSSR count). The molecule has 22 heavy (non-hydrogen) atoms.